The summed E-state index contributed by atoms with van der Waals surface area (Å²) in [5.41, 5.74) is 1.76. The first-order valence-corrected chi connectivity index (χ1v) is 6.96. The molecule has 1 aromatic carbocycles. The zero-order chi connectivity index (χ0) is 13.2. The summed E-state index contributed by atoms with van der Waals surface area (Å²) in [6.45, 7) is 5.78. The van der Waals surface area contributed by atoms with Gasteiger partial charge in [-0.3, -0.25) is 0 Å². The lowest BCUT2D eigenvalue weighted by Crippen LogP contribution is -2.29. The summed E-state index contributed by atoms with van der Waals surface area (Å²) < 4.78 is 5.38. The van der Waals surface area contributed by atoms with Crippen LogP contribution in [-0.2, 0) is 5.41 Å². The van der Waals surface area contributed by atoms with Gasteiger partial charge < -0.3 is 9.64 Å². The van der Waals surface area contributed by atoms with Gasteiger partial charge in [-0.25, -0.2) is 0 Å². The summed E-state index contributed by atoms with van der Waals surface area (Å²) in [6.07, 6.45) is 3.75. The summed E-state index contributed by atoms with van der Waals surface area (Å²) in [7, 11) is 3.98. The molecule has 0 radical (unpaired) electrons. The fourth-order valence-corrected chi connectivity index (χ4v) is 3.39. The van der Waals surface area contributed by atoms with E-state index in [1.807, 2.05) is 6.07 Å². The summed E-state index contributed by atoms with van der Waals surface area (Å²) in [5, 5.41) is 0. The first kappa shape index (κ1) is 13.4. The highest BCUT2D eigenvalue weighted by atomic mass is 16.5. The lowest BCUT2D eigenvalue weighted by atomic mass is 9.75. The monoisotopic (exact) mass is 247 g/mol. The predicted octanol–water partition coefficient (Wildman–Crippen LogP) is 3.46. The van der Waals surface area contributed by atoms with Crippen molar-refractivity contribution in [3.8, 4) is 5.75 Å². The van der Waals surface area contributed by atoms with E-state index >= 15 is 0 Å². The van der Waals surface area contributed by atoms with Gasteiger partial charge in [0.2, 0.25) is 0 Å². The third-order valence-corrected chi connectivity index (χ3v) is 4.40. The maximum Gasteiger partial charge on any atom is 0.119 e. The molecule has 0 N–H and O–H groups in total. The van der Waals surface area contributed by atoms with E-state index in [1.165, 1.54) is 24.8 Å². The van der Waals surface area contributed by atoms with E-state index in [-0.39, 0.29) is 0 Å². The van der Waals surface area contributed by atoms with E-state index in [4.69, 9.17) is 4.74 Å². The van der Waals surface area contributed by atoms with Gasteiger partial charge in [0, 0.05) is 18.0 Å². The van der Waals surface area contributed by atoms with Gasteiger partial charge in [0.05, 0.1) is 7.11 Å². The van der Waals surface area contributed by atoms with Gasteiger partial charge in [-0.15, -0.1) is 0 Å². The highest BCUT2D eigenvalue weighted by molar-refractivity contribution is 5.35. The maximum absolute atomic E-state index is 5.38. The van der Waals surface area contributed by atoms with Crippen LogP contribution < -0.4 is 4.74 Å². The van der Waals surface area contributed by atoms with Crippen LogP contribution in [0.2, 0.25) is 0 Å². The van der Waals surface area contributed by atoms with E-state index in [0.29, 0.717) is 11.5 Å². The van der Waals surface area contributed by atoms with Crippen molar-refractivity contribution in [1.82, 2.24) is 4.90 Å². The van der Waals surface area contributed by atoms with Crippen molar-refractivity contribution in [3.05, 3.63) is 29.8 Å². The Morgan fingerprint density at radius 1 is 1.44 bits per heavy atom. The largest absolute Gasteiger partial charge is 0.497 e. The molecule has 1 aliphatic heterocycles. The number of nitrogens with zero attached hydrogens (tertiary/aromatic N) is 1. The molecule has 1 aliphatic rings. The SMILES string of the molecule is CCC[C@]1(c2cccc(OC)c2)C[C@H](C)N(C)C1. The third-order valence-electron chi connectivity index (χ3n) is 4.40. The molecule has 0 aliphatic carbocycles. The Morgan fingerprint density at radius 3 is 2.78 bits per heavy atom. The van der Waals surface area contributed by atoms with Crippen molar-refractivity contribution in [2.24, 2.45) is 0 Å². The van der Waals surface area contributed by atoms with Gasteiger partial charge >= 0.3 is 0 Å². The van der Waals surface area contributed by atoms with Gasteiger partial charge in [-0.2, -0.15) is 0 Å². The number of ether oxygens (including phenoxy) is 1. The normalized spacial score (nSPS) is 28.6. The second-order valence-electron chi connectivity index (χ2n) is 5.73. The summed E-state index contributed by atoms with van der Waals surface area (Å²) in [5.74, 6) is 0.977. The second kappa shape index (κ2) is 5.31. The molecule has 0 saturated carbocycles. The molecule has 18 heavy (non-hydrogen) atoms. The molecule has 0 spiro atoms. The molecule has 2 heteroatoms. The molecule has 0 unspecified atom stereocenters. The number of hydrogen-bond donors (Lipinski definition) is 0. The van der Waals surface area contributed by atoms with Gasteiger partial charge in [0.25, 0.3) is 0 Å². The lowest BCUT2D eigenvalue weighted by Gasteiger charge is -2.29. The zero-order valence-corrected chi connectivity index (χ0v) is 12.1. The first-order valence-electron chi connectivity index (χ1n) is 6.96. The Morgan fingerprint density at radius 2 is 2.22 bits per heavy atom. The Labute approximate surface area is 111 Å². The average Bonchev–Trinajstić information content (AvgIpc) is 2.66. The molecule has 0 amide bonds. The molecule has 1 saturated heterocycles. The standard InChI is InChI=1S/C16H25NO/c1-5-9-16(11-13(2)17(3)12-16)14-7-6-8-15(10-14)18-4/h6-8,10,13H,5,9,11-12H2,1-4H3/t13-,16-/m0/s1. The average molecular weight is 247 g/mol. The van der Waals surface area contributed by atoms with Crippen molar-refractivity contribution < 1.29 is 4.74 Å². The van der Waals surface area contributed by atoms with Crippen molar-refractivity contribution in [2.45, 2.75) is 44.6 Å². The summed E-state index contributed by atoms with van der Waals surface area (Å²) in [4.78, 5) is 2.48. The molecule has 1 fully saturated rings. The van der Waals surface area contributed by atoms with Crippen LogP contribution in [0.5, 0.6) is 5.75 Å². The summed E-state index contributed by atoms with van der Waals surface area (Å²) in [6, 6.07) is 9.31. The molecular formula is C16H25NO. The molecule has 2 atom stereocenters. The number of methoxy groups -OCH3 is 1. The second-order valence-corrected chi connectivity index (χ2v) is 5.73. The molecule has 100 valence electrons. The Balaban J connectivity index is 2.35. The number of hydrogen-bond acceptors (Lipinski definition) is 2. The van der Waals surface area contributed by atoms with Crippen LogP contribution in [0.15, 0.2) is 24.3 Å². The Kier molecular flexibility index (Phi) is 3.96. The van der Waals surface area contributed by atoms with E-state index in [9.17, 15) is 0 Å². The molecule has 2 nitrogen and oxygen atoms in total. The highest BCUT2D eigenvalue weighted by Crippen LogP contribution is 2.41. The number of likely N-dealkylation sites (N-methyl/N-ethyl adjacent to an activating group) is 1. The zero-order valence-electron chi connectivity index (χ0n) is 12.1. The van der Waals surface area contributed by atoms with E-state index in [1.54, 1.807) is 7.11 Å². The Hall–Kier alpha value is -1.02. The topological polar surface area (TPSA) is 12.5 Å². The fourth-order valence-electron chi connectivity index (χ4n) is 3.39. The van der Waals surface area contributed by atoms with Crippen molar-refractivity contribution in [1.29, 1.82) is 0 Å². The summed E-state index contributed by atoms with van der Waals surface area (Å²) >= 11 is 0. The lowest BCUT2D eigenvalue weighted by molar-refractivity contribution is 0.313. The molecule has 2 rings (SSSR count). The van der Waals surface area contributed by atoms with Gasteiger partial charge in [0.15, 0.2) is 0 Å². The minimum atomic E-state index is 0.317. The minimum Gasteiger partial charge on any atom is -0.497 e. The number of benzene rings is 1. The smallest absolute Gasteiger partial charge is 0.119 e. The van der Waals surface area contributed by atoms with E-state index in [0.717, 1.165) is 12.3 Å². The van der Waals surface area contributed by atoms with Gasteiger partial charge in [-0.1, -0.05) is 25.5 Å². The minimum absolute atomic E-state index is 0.317. The van der Waals surface area contributed by atoms with Crippen LogP contribution in [-0.4, -0.2) is 31.6 Å². The van der Waals surface area contributed by atoms with Crippen molar-refractivity contribution in [2.75, 3.05) is 20.7 Å². The van der Waals surface area contributed by atoms with Crippen LogP contribution in [0.3, 0.4) is 0 Å². The van der Waals surface area contributed by atoms with Crippen LogP contribution in [0.25, 0.3) is 0 Å². The molecule has 1 aromatic rings. The fraction of sp³-hybridized carbons (Fsp3) is 0.625. The quantitative estimate of drug-likeness (QED) is 0.808. The maximum atomic E-state index is 5.38. The van der Waals surface area contributed by atoms with Crippen LogP contribution in [0.1, 0.15) is 38.7 Å². The first-order chi connectivity index (χ1) is 8.61. The predicted molar refractivity (Wildman–Crippen MR) is 76.3 cm³/mol. The van der Waals surface area contributed by atoms with Crippen LogP contribution in [0.4, 0.5) is 0 Å². The third kappa shape index (κ3) is 2.39. The van der Waals surface area contributed by atoms with Crippen LogP contribution in [0, 0.1) is 0 Å². The number of likely N-dealkylation sites (tertiary alicyclic amines) is 1. The molecule has 0 aromatic heterocycles. The van der Waals surface area contributed by atoms with Gasteiger partial charge in [0.1, 0.15) is 5.75 Å². The van der Waals surface area contributed by atoms with Crippen LogP contribution >= 0.6 is 0 Å². The Bertz CT molecular complexity index is 392. The van der Waals surface area contributed by atoms with Crippen molar-refractivity contribution >= 4 is 0 Å². The van der Waals surface area contributed by atoms with Crippen molar-refractivity contribution in [3.63, 3.8) is 0 Å². The van der Waals surface area contributed by atoms with E-state index < -0.39 is 0 Å². The molecular weight excluding hydrogens is 222 g/mol. The number of rotatable bonds is 4. The van der Waals surface area contributed by atoms with E-state index in [2.05, 4.69) is 44.0 Å². The van der Waals surface area contributed by atoms with Gasteiger partial charge in [-0.05, 0) is 44.5 Å². The molecule has 0 bridgehead atoms. The highest BCUT2D eigenvalue weighted by Gasteiger charge is 2.41. The molecule has 1 heterocycles.